The van der Waals surface area contributed by atoms with Gasteiger partial charge in [-0.05, 0) is 80.6 Å². The van der Waals surface area contributed by atoms with Crippen molar-refractivity contribution in [3.63, 3.8) is 0 Å². The summed E-state index contributed by atoms with van der Waals surface area (Å²) < 4.78 is 29.1. The number of nitrogens with one attached hydrogen (secondary N) is 1. The Hall–Kier alpha value is -5.17. The first-order valence-electron chi connectivity index (χ1n) is 17.2. The SMILES string of the molecule is O=C1CCC(N2C(=O)c3ccc(N4CCN(CCC5CCN(c6ccn7cc(-c8ccc(F)c(F)c8)nc7c6)CC5)CC4)cc3C2=O)C(=O)N1. The van der Waals surface area contributed by atoms with Crippen molar-refractivity contribution in [1.29, 1.82) is 0 Å². The molecule has 258 valence electrons. The Balaban J connectivity index is 0.814. The third kappa shape index (κ3) is 5.99. The van der Waals surface area contributed by atoms with Gasteiger partial charge in [-0.15, -0.1) is 0 Å². The van der Waals surface area contributed by atoms with E-state index in [0.717, 1.165) is 93.1 Å². The molecule has 4 aromatic rings. The van der Waals surface area contributed by atoms with Gasteiger partial charge in [-0.1, -0.05) is 0 Å². The molecule has 0 bridgehead atoms. The fraction of sp³-hybridized carbons (Fsp3) is 0.378. The Kier molecular flexibility index (Phi) is 8.30. The van der Waals surface area contributed by atoms with E-state index in [0.29, 0.717) is 28.3 Å². The molecule has 1 N–H and O–H groups in total. The Morgan fingerprint density at radius 2 is 1.50 bits per heavy atom. The number of fused-ring (bicyclic) bond motifs is 2. The van der Waals surface area contributed by atoms with E-state index in [9.17, 15) is 28.0 Å². The lowest BCUT2D eigenvalue weighted by Gasteiger charge is -2.38. The van der Waals surface area contributed by atoms with Crippen molar-refractivity contribution in [3.05, 3.63) is 83.7 Å². The van der Waals surface area contributed by atoms with Crippen LogP contribution >= 0.6 is 0 Å². The van der Waals surface area contributed by atoms with Crippen LogP contribution in [0.5, 0.6) is 0 Å². The van der Waals surface area contributed by atoms with Crippen LogP contribution in [0.15, 0.2) is 60.9 Å². The molecule has 50 heavy (non-hydrogen) atoms. The van der Waals surface area contributed by atoms with Crippen LogP contribution in [0.1, 0.15) is 52.8 Å². The Morgan fingerprint density at radius 3 is 2.26 bits per heavy atom. The highest BCUT2D eigenvalue weighted by molar-refractivity contribution is 6.23. The predicted molar refractivity (Wildman–Crippen MR) is 182 cm³/mol. The summed E-state index contributed by atoms with van der Waals surface area (Å²) in [5, 5.41) is 2.24. The van der Waals surface area contributed by atoms with Gasteiger partial charge in [-0.25, -0.2) is 13.8 Å². The highest BCUT2D eigenvalue weighted by Crippen LogP contribution is 2.32. The van der Waals surface area contributed by atoms with Crippen LogP contribution in [-0.4, -0.2) is 94.7 Å². The fourth-order valence-corrected chi connectivity index (χ4v) is 7.69. The van der Waals surface area contributed by atoms with Gasteiger partial charge in [-0.2, -0.15) is 0 Å². The molecule has 3 saturated heterocycles. The van der Waals surface area contributed by atoms with Crippen LogP contribution in [-0.2, 0) is 9.59 Å². The second-order valence-electron chi connectivity index (χ2n) is 13.6. The molecular formula is C37H37F2N7O4. The standard InChI is InChI=1S/C37H37F2N7O4/c38-29-4-1-24(19-30(29)39)31-22-45-14-10-26(21-33(45)40-31)43-12-8-23(9-13-43)7-11-42-15-17-44(18-16-42)25-2-3-27-28(20-25)37(50)46(36(27)49)32-5-6-34(47)41-35(32)48/h1-4,10,14,19-23,32H,5-9,11-13,15-18H2,(H,41,47,48). The zero-order chi connectivity index (χ0) is 34.5. The first-order valence-corrected chi connectivity index (χ1v) is 17.2. The van der Waals surface area contributed by atoms with Crippen molar-refractivity contribution in [1.82, 2.24) is 24.5 Å². The minimum absolute atomic E-state index is 0.0934. The number of carbonyl (C=O) groups excluding carboxylic acids is 4. The van der Waals surface area contributed by atoms with Gasteiger partial charge in [-0.3, -0.25) is 34.3 Å². The van der Waals surface area contributed by atoms with Crippen molar-refractivity contribution < 1.29 is 28.0 Å². The molecule has 3 fully saturated rings. The minimum Gasteiger partial charge on any atom is -0.371 e. The van der Waals surface area contributed by atoms with Crippen molar-refractivity contribution in [3.8, 4) is 11.3 Å². The first-order chi connectivity index (χ1) is 24.2. The molecule has 0 radical (unpaired) electrons. The number of nitrogens with zero attached hydrogens (tertiary/aromatic N) is 6. The second-order valence-corrected chi connectivity index (χ2v) is 13.6. The lowest BCUT2D eigenvalue weighted by molar-refractivity contribution is -0.136. The van der Waals surface area contributed by atoms with E-state index in [1.165, 1.54) is 12.1 Å². The quantitative estimate of drug-likeness (QED) is 0.291. The van der Waals surface area contributed by atoms with Crippen molar-refractivity contribution in [2.45, 2.75) is 38.1 Å². The number of imidazole rings is 1. The number of pyridine rings is 1. The number of rotatable bonds is 7. The van der Waals surface area contributed by atoms with Crippen LogP contribution in [0.2, 0.25) is 0 Å². The maximum Gasteiger partial charge on any atom is 0.262 e. The average molecular weight is 682 g/mol. The second kappa shape index (κ2) is 12.9. The number of anilines is 2. The predicted octanol–water partition coefficient (Wildman–Crippen LogP) is 4.11. The van der Waals surface area contributed by atoms with Gasteiger partial charge in [0, 0.05) is 81.1 Å². The summed E-state index contributed by atoms with van der Waals surface area (Å²) in [6, 6.07) is 12.3. The molecule has 11 nitrogen and oxygen atoms in total. The van der Waals surface area contributed by atoms with Gasteiger partial charge < -0.3 is 14.2 Å². The average Bonchev–Trinajstić information content (AvgIpc) is 3.66. The van der Waals surface area contributed by atoms with Gasteiger partial charge in [0.25, 0.3) is 11.8 Å². The summed E-state index contributed by atoms with van der Waals surface area (Å²) in [5.41, 5.74) is 4.49. The summed E-state index contributed by atoms with van der Waals surface area (Å²) >= 11 is 0. The molecule has 2 aromatic carbocycles. The minimum atomic E-state index is -0.969. The van der Waals surface area contributed by atoms with E-state index in [4.69, 9.17) is 0 Å². The van der Waals surface area contributed by atoms with E-state index in [2.05, 4.69) is 31.1 Å². The number of carbonyl (C=O) groups is 4. The van der Waals surface area contributed by atoms with Crippen LogP contribution in [0.25, 0.3) is 16.9 Å². The molecule has 4 amide bonds. The number of piperidine rings is 2. The van der Waals surface area contributed by atoms with E-state index in [-0.39, 0.29) is 12.8 Å². The molecule has 1 atom stereocenters. The number of halogens is 2. The van der Waals surface area contributed by atoms with E-state index in [1.807, 2.05) is 28.9 Å². The van der Waals surface area contributed by atoms with Crippen molar-refractivity contribution in [2.24, 2.45) is 5.92 Å². The fourth-order valence-electron chi connectivity index (χ4n) is 7.69. The van der Waals surface area contributed by atoms with Gasteiger partial charge >= 0.3 is 0 Å². The van der Waals surface area contributed by atoms with Crippen LogP contribution in [0.4, 0.5) is 20.2 Å². The molecule has 2 aromatic heterocycles. The molecule has 8 rings (SSSR count). The molecular weight excluding hydrogens is 644 g/mol. The highest BCUT2D eigenvalue weighted by Gasteiger charge is 2.44. The Labute approximate surface area is 287 Å². The summed E-state index contributed by atoms with van der Waals surface area (Å²) in [4.78, 5) is 63.1. The third-order valence-corrected chi connectivity index (χ3v) is 10.7. The molecule has 0 spiro atoms. The maximum atomic E-state index is 13.8. The summed E-state index contributed by atoms with van der Waals surface area (Å²) in [6.45, 7) is 6.39. The lowest BCUT2D eigenvalue weighted by Crippen LogP contribution is -2.54. The topological polar surface area (TPSA) is 111 Å². The number of amides is 4. The molecule has 4 aliphatic rings. The van der Waals surface area contributed by atoms with Gasteiger partial charge in [0.05, 0.1) is 16.8 Å². The highest BCUT2D eigenvalue weighted by atomic mass is 19.2. The summed E-state index contributed by atoms with van der Waals surface area (Å²) in [6.07, 6.45) is 7.37. The Bertz CT molecular complexity index is 2020. The number of benzene rings is 2. The zero-order valence-electron chi connectivity index (χ0n) is 27.5. The van der Waals surface area contributed by atoms with Gasteiger partial charge in [0.1, 0.15) is 11.7 Å². The number of aromatic nitrogens is 2. The normalized spacial score (nSPS) is 20.6. The molecule has 13 heteroatoms. The number of imide groups is 2. The van der Waals surface area contributed by atoms with E-state index < -0.39 is 41.3 Å². The lowest BCUT2D eigenvalue weighted by atomic mass is 9.93. The first kappa shape index (κ1) is 32.1. The molecule has 0 saturated carbocycles. The Morgan fingerprint density at radius 1 is 0.760 bits per heavy atom. The van der Waals surface area contributed by atoms with Crippen molar-refractivity contribution >= 4 is 40.7 Å². The molecule has 1 unspecified atom stereocenters. The van der Waals surface area contributed by atoms with E-state index in [1.54, 1.807) is 12.1 Å². The van der Waals surface area contributed by atoms with Crippen LogP contribution < -0.4 is 15.1 Å². The molecule has 4 aliphatic heterocycles. The zero-order valence-corrected chi connectivity index (χ0v) is 27.5. The number of piperazine rings is 1. The smallest absolute Gasteiger partial charge is 0.262 e. The molecule has 0 aliphatic carbocycles. The number of hydrogen-bond donors (Lipinski definition) is 1. The van der Waals surface area contributed by atoms with Gasteiger partial charge in [0.15, 0.2) is 11.6 Å². The van der Waals surface area contributed by atoms with Crippen LogP contribution in [0.3, 0.4) is 0 Å². The molecule has 6 heterocycles. The third-order valence-electron chi connectivity index (χ3n) is 10.7. The summed E-state index contributed by atoms with van der Waals surface area (Å²) in [5.74, 6) is -3.09. The number of hydrogen-bond acceptors (Lipinski definition) is 8. The monoisotopic (exact) mass is 681 g/mol. The van der Waals surface area contributed by atoms with Crippen LogP contribution in [0, 0.1) is 17.6 Å². The van der Waals surface area contributed by atoms with Gasteiger partial charge in [0.2, 0.25) is 11.8 Å². The maximum absolute atomic E-state index is 13.8. The van der Waals surface area contributed by atoms with E-state index >= 15 is 0 Å². The van der Waals surface area contributed by atoms with Crippen molar-refractivity contribution in [2.75, 3.05) is 55.6 Å². The largest absolute Gasteiger partial charge is 0.371 e. The summed E-state index contributed by atoms with van der Waals surface area (Å²) in [7, 11) is 0.